The molecule has 1 aliphatic heterocycles. The van der Waals surface area contributed by atoms with Crippen molar-refractivity contribution in [3.63, 3.8) is 0 Å². The van der Waals surface area contributed by atoms with Crippen molar-refractivity contribution in [3.05, 3.63) is 75.6 Å². The smallest absolute Gasteiger partial charge is 0.291 e. The van der Waals surface area contributed by atoms with E-state index in [0.717, 1.165) is 36.9 Å². The number of benzene rings is 1. The number of anilines is 1. The monoisotopic (exact) mass is 448 g/mol. The number of carbonyl (C=O) groups excluding carboxylic acids is 1. The standard InChI is InChI=1S/C27H32N2O2S/c1-18-9-11-20(12-10-18)25(29-15-13-19(2)14-16-29)24-21-6-3-4-8-23(21)32-27(24)28-26(30)22-7-5-17-31-22/h5,7,9-12,17,19,25H,3-4,6,8,13-16H2,1-2H3,(H,28,30). The maximum absolute atomic E-state index is 13.0. The van der Waals surface area contributed by atoms with Crippen LogP contribution in [-0.4, -0.2) is 23.9 Å². The largest absolute Gasteiger partial charge is 0.459 e. The van der Waals surface area contributed by atoms with Gasteiger partial charge in [0, 0.05) is 10.4 Å². The lowest BCUT2D eigenvalue weighted by Gasteiger charge is -2.38. The second-order valence-corrected chi connectivity index (χ2v) is 10.5. The summed E-state index contributed by atoms with van der Waals surface area (Å²) in [5.41, 5.74) is 5.39. The van der Waals surface area contributed by atoms with Crippen LogP contribution in [-0.2, 0) is 12.8 Å². The zero-order chi connectivity index (χ0) is 22.1. The highest BCUT2D eigenvalue weighted by Crippen LogP contribution is 2.46. The number of carbonyl (C=O) groups is 1. The molecule has 4 nitrogen and oxygen atoms in total. The summed E-state index contributed by atoms with van der Waals surface area (Å²) < 4.78 is 5.38. The van der Waals surface area contributed by atoms with E-state index in [2.05, 4.69) is 48.3 Å². The Labute approximate surface area is 194 Å². The van der Waals surface area contributed by atoms with E-state index in [1.165, 1.54) is 52.8 Å². The number of amides is 1. The average Bonchev–Trinajstić information content (AvgIpc) is 3.45. The predicted octanol–water partition coefficient (Wildman–Crippen LogP) is 6.60. The van der Waals surface area contributed by atoms with E-state index in [4.69, 9.17) is 4.42 Å². The van der Waals surface area contributed by atoms with Crippen molar-refractivity contribution in [2.45, 2.75) is 58.4 Å². The van der Waals surface area contributed by atoms with Crippen LogP contribution in [0, 0.1) is 12.8 Å². The summed E-state index contributed by atoms with van der Waals surface area (Å²) in [6.07, 6.45) is 8.67. The van der Waals surface area contributed by atoms with Gasteiger partial charge in [0.15, 0.2) is 5.76 Å². The molecular weight excluding hydrogens is 416 g/mol. The Balaban J connectivity index is 1.59. The van der Waals surface area contributed by atoms with Gasteiger partial charge in [0.25, 0.3) is 5.91 Å². The zero-order valence-corrected chi connectivity index (χ0v) is 19.8. The first-order valence-electron chi connectivity index (χ1n) is 11.9. The SMILES string of the molecule is Cc1ccc(C(c2c(NC(=O)c3ccco3)sc3c2CCCC3)N2CCC(C)CC2)cc1. The normalized spacial score (nSPS) is 18.3. The van der Waals surface area contributed by atoms with Gasteiger partial charge >= 0.3 is 0 Å². The number of hydrogen-bond acceptors (Lipinski definition) is 4. The molecule has 3 heterocycles. The van der Waals surface area contributed by atoms with Gasteiger partial charge in [0.2, 0.25) is 0 Å². The van der Waals surface area contributed by atoms with Gasteiger partial charge in [-0.3, -0.25) is 9.69 Å². The van der Waals surface area contributed by atoms with E-state index >= 15 is 0 Å². The highest BCUT2D eigenvalue weighted by Gasteiger charge is 2.33. The summed E-state index contributed by atoms with van der Waals surface area (Å²) in [6.45, 7) is 6.69. The molecule has 1 saturated heterocycles. The van der Waals surface area contributed by atoms with Crippen molar-refractivity contribution in [3.8, 4) is 0 Å². The highest BCUT2D eigenvalue weighted by molar-refractivity contribution is 7.16. The number of likely N-dealkylation sites (tertiary alicyclic amines) is 1. The molecule has 0 spiro atoms. The topological polar surface area (TPSA) is 45.5 Å². The van der Waals surface area contributed by atoms with Crippen LogP contribution in [0.15, 0.2) is 47.1 Å². The Bertz CT molecular complexity index is 1060. The quantitative estimate of drug-likeness (QED) is 0.478. The Morgan fingerprint density at radius 1 is 1.12 bits per heavy atom. The number of piperidine rings is 1. The Hall–Kier alpha value is -2.37. The number of nitrogens with one attached hydrogen (secondary N) is 1. The van der Waals surface area contributed by atoms with Crippen LogP contribution < -0.4 is 5.32 Å². The molecule has 1 unspecified atom stereocenters. The fraction of sp³-hybridized carbons (Fsp3) is 0.444. The second-order valence-electron chi connectivity index (χ2n) is 9.42. The molecule has 32 heavy (non-hydrogen) atoms. The first kappa shape index (κ1) is 21.5. The van der Waals surface area contributed by atoms with Gasteiger partial charge in [-0.15, -0.1) is 11.3 Å². The molecule has 2 aromatic heterocycles. The van der Waals surface area contributed by atoms with Gasteiger partial charge in [-0.05, 0) is 87.7 Å². The second kappa shape index (κ2) is 9.24. The molecule has 5 rings (SSSR count). The fourth-order valence-corrected chi connectivity index (χ4v) is 6.46. The van der Waals surface area contributed by atoms with E-state index < -0.39 is 0 Å². The van der Waals surface area contributed by atoms with Crippen LogP contribution in [0.25, 0.3) is 0 Å². The van der Waals surface area contributed by atoms with Crippen LogP contribution in [0.4, 0.5) is 5.00 Å². The maximum Gasteiger partial charge on any atom is 0.291 e. The molecule has 0 radical (unpaired) electrons. The molecule has 1 aliphatic carbocycles. The molecule has 1 N–H and O–H groups in total. The third kappa shape index (κ3) is 4.28. The number of fused-ring (bicyclic) bond motifs is 1. The number of hydrogen-bond donors (Lipinski definition) is 1. The third-order valence-electron chi connectivity index (χ3n) is 7.03. The zero-order valence-electron chi connectivity index (χ0n) is 19.0. The molecule has 2 aliphatic rings. The fourth-order valence-electron chi connectivity index (χ4n) is 5.14. The lowest BCUT2D eigenvalue weighted by molar-refractivity contribution is 0.0996. The van der Waals surface area contributed by atoms with Crippen molar-refractivity contribution < 1.29 is 9.21 Å². The summed E-state index contributed by atoms with van der Waals surface area (Å²) >= 11 is 1.78. The third-order valence-corrected chi connectivity index (χ3v) is 8.26. The van der Waals surface area contributed by atoms with E-state index in [0.29, 0.717) is 5.76 Å². The summed E-state index contributed by atoms with van der Waals surface area (Å²) in [7, 11) is 0. The van der Waals surface area contributed by atoms with Gasteiger partial charge < -0.3 is 9.73 Å². The summed E-state index contributed by atoms with van der Waals surface area (Å²) in [5.74, 6) is 0.977. The first-order valence-corrected chi connectivity index (χ1v) is 12.7. The molecule has 3 aromatic rings. The van der Waals surface area contributed by atoms with Gasteiger partial charge in [0.05, 0.1) is 12.3 Å². The minimum atomic E-state index is -0.162. The van der Waals surface area contributed by atoms with Gasteiger partial charge in [0.1, 0.15) is 5.00 Å². The van der Waals surface area contributed by atoms with Crippen molar-refractivity contribution >= 4 is 22.2 Å². The number of rotatable bonds is 5. The van der Waals surface area contributed by atoms with Gasteiger partial charge in [-0.2, -0.15) is 0 Å². The van der Waals surface area contributed by atoms with Crippen LogP contribution in [0.5, 0.6) is 0 Å². The minimum absolute atomic E-state index is 0.162. The van der Waals surface area contributed by atoms with Gasteiger partial charge in [-0.25, -0.2) is 0 Å². The summed E-state index contributed by atoms with van der Waals surface area (Å²) in [6, 6.07) is 12.7. The molecule has 1 fully saturated rings. The molecule has 1 aromatic carbocycles. The van der Waals surface area contributed by atoms with Crippen LogP contribution >= 0.6 is 11.3 Å². The van der Waals surface area contributed by atoms with E-state index in [-0.39, 0.29) is 11.9 Å². The highest BCUT2D eigenvalue weighted by atomic mass is 32.1. The average molecular weight is 449 g/mol. The lowest BCUT2D eigenvalue weighted by atomic mass is 9.87. The minimum Gasteiger partial charge on any atom is -0.459 e. The first-order chi connectivity index (χ1) is 15.6. The summed E-state index contributed by atoms with van der Waals surface area (Å²) in [5, 5.41) is 4.24. The molecule has 5 heteroatoms. The van der Waals surface area contributed by atoms with Crippen LogP contribution in [0.3, 0.4) is 0 Å². The van der Waals surface area contributed by atoms with Crippen molar-refractivity contribution in [2.24, 2.45) is 5.92 Å². The van der Waals surface area contributed by atoms with Crippen molar-refractivity contribution in [1.29, 1.82) is 0 Å². The number of nitrogens with zero attached hydrogens (tertiary/aromatic N) is 1. The van der Waals surface area contributed by atoms with E-state index in [1.54, 1.807) is 29.7 Å². The van der Waals surface area contributed by atoms with E-state index in [9.17, 15) is 4.79 Å². The van der Waals surface area contributed by atoms with E-state index in [1.807, 2.05) is 0 Å². The van der Waals surface area contributed by atoms with Crippen molar-refractivity contribution in [2.75, 3.05) is 18.4 Å². The molecule has 168 valence electrons. The van der Waals surface area contributed by atoms with Crippen LogP contribution in [0.1, 0.15) is 76.3 Å². The van der Waals surface area contributed by atoms with Crippen LogP contribution in [0.2, 0.25) is 0 Å². The molecule has 0 bridgehead atoms. The van der Waals surface area contributed by atoms with Crippen molar-refractivity contribution in [1.82, 2.24) is 4.90 Å². The molecular formula is C27H32N2O2S. The number of furan rings is 1. The number of aryl methyl sites for hydroxylation is 2. The Kier molecular flexibility index (Phi) is 6.20. The maximum atomic E-state index is 13.0. The molecule has 0 saturated carbocycles. The molecule has 1 amide bonds. The summed E-state index contributed by atoms with van der Waals surface area (Å²) in [4.78, 5) is 17.0. The number of thiophene rings is 1. The lowest BCUT2D eigenvalue weighted by Crippen LogP contribution is -2.37. The Morgan fingerprint density at radius 3 is 2.59 bits per heavy atom. The molecule has 1 atom stereocenters. The van der Waals surface area contributed by atoms with Gasteiger partial charge in [-0.1, -0.05) is 36.8 Å². The Morgan fingerprint density at radius 2 is 1.88 bits per heavy atom. The predicted molar refractivity (Wildman–Crippen MR) is 131 cm³/mol.